The molecule has 5 N–H and O–H groups in total. The molecule has 0 saturated heterocycles. The molecule has 2 aromatic rings. The molecular weight excluding hydrogens is 230 g/mol. The molecule has 0 saturated carbocycles. The molecule has 0 aliphatic carbocycles. The number of rotatable bonds is 4. The number of hydrogen-bond acceptors (Lipinski definition) is 2. The molecule has 0 fully saturated rings. The molecule has 0 spiro atoms. The van der Waals surface area contributed by atoms with Gasteiger partial charge < -0.3 is 20.8 Å². The van der Waals surface area contributed by atoms with Gasteiger partial charge in [0.2, 0.25) is 5.91 Å². The van der Waals surface area contributed by atoms with Crippen molar-refractivity contribution in [3.8, 4) is 5.75 Å². The Morgan fingerprint density at radius 2 is 2.28 bits per heavy atom. The van der Waals surface area contributed by atoms with Crippen LogP contribution in [0.5, 0.6) is 5.75 Å². The van der Waals surface area contributed by atoms with Gasteiger partial charge in [-0.3, -0.25) is 4.79 Å². The standard InChI is InChI=1S/C13H17N3O2/c1-8(17)16-10-3-4-11(18-2)13-12(10)9(5-6-14)7-15-13/h3-4,7,15H,5-6,14H2,1-2H3,(H,16,17)/p+1. The summed E-state index contributed by atoms with van der Waals surface area (Å²) in [5.41, 5.74) is 6.73. The Hall–Kier alpha value is -2.01. The second-order valence-corrected chi connectivity index (χ2v) is 4.16. The van der Waals surface area contributed by atoms with Gasteiger partial charge >= 0.3 is 0 Å². The number of amides is 1. The van der Waals surface area contributed by atoms with Crippen LogP contribution >= 0.6 is 0 Å². The second kappa shape index (κ2) is 5.10. The topological polar surface area (TPSA) is 81.8 Å². The fourth-order valence-corrected chi connectivity index (χ4v) is 2.14. The Labute approximate surface area is 105 Å². The van der Waals surface area contributed by atoms with Crippen LogP contribution in [0.3, 0.4) is 0 Å². The summed E-state index contributed by atoms with van der Waals surface area (Å²) < 4.78 is 5.32. The summed E-state index contributed by atoms with van der Waals surface area (Å²) >= 11 is 0. The number of carbonyl (C=O) groups is 1. The molecule has 5 heteroatoms. The minimum Gasteiger partial charge on any atom is -0.495 e. The minimum atomic E-state index is -0.0803. The average Bonchev–Trinajstić information content (AvgIpc) is 2.74. The molecule has 0 radical (unpaired) electrons. The van der Waals surface area contributed by atoms with Crippen LogP contribution in [0.4, 0.5) is 5.69 Å². The predicted octanol–water partition coefficient (Wildman–Crippen LogP) is 0.919. The van der Waals surface area contributed by atoms with E-state index in [1.54, 1.807) is 7.11 Å². The van der Waals surface area contributed by atoms with Gasteiger partial charge in [-0.25, -0.2) is 0 Å². The third kappa shape index (κ3) is 2.17. The molecule has 1 heterocycles. The minimum absolute atomic E-state index is 0.0803. The normalized spacial score (nSPS) is 10.6. The summed E-state index contributed by atoms with van der Waals surface area (Å²) in [5.74, 6) is 0.692. The molecule has 0 aliphatic rings. The lowest BCUT2D eigenvalue weighted by atomic mass is 10.1. The molecular formula is C13H18N3O2+. The Morgan fingerprint density at radius 3 is 2.89 bits per heavy atom. The fraction of sp³-hybridized carbons (Fsp3) is 0.308. The van der Waals surface area contributed by atoms with Gasteiger partial charge in [0.15, 0.2) is 0 Å². The summed E-state index contributed by atoms with van der Waals surface area (Å²) in [5, 5.41) is 3.86. The highest BCUT2D eigenvalue weighted by molar-refractivity contribution is 6.04. The average molecular weight is 248 g/mol. The molecule has 0 atom stereocenters. The zero-order chi connectivity index (χ0) is 13.1. The van der Waals surface area contributed by atoms with E-state index in [1.807, 2.05) is 18.3 Å². The summed E-state index contributed by atoms with van der Waals surface area (Å²) in [7, 11) is 1.63. The Morgan fingerprint density at radius 1 is 1.50 bits per heavy atom. The van der Waals surface area contributed by atoms with E-state index >= 15 is 0 Å². The van der Waals surface area contributed by atoms with E-state index in [0.29, 0.717) is 0 Å². The van der Waals surface area contributed by atoms with Crippen LogP contribution in [0.2, 0.25) is 0 Å². The van der Waals surface area contributed by atoms with Crippen LogP contribution in [-0.2, 0) is 11.2 Å². The SMILES string of the molecule is COc1ccc(NC(C)=O)c2c(CC[NH3+])c[nH]c12. The van der Waals surface area contributed by atoms with Crippen molar-refractivity contribution in [3.05, 3.63) is 23.9 Å². The third-order valence-electron chi connectivity index (χ3n) is 2.86. The van der Waals surface area contributed by atoms with Crippen molar-refractivity contribution >= 4 is 22.5 Å². The largest absolute Gasteiger partial charge is 0.495 e. The first kappa shape index (κ1) is 12.4. The zero-order valence-corrected chi connectivity index (χ0v) is 10.7. The monoisotopic (exact) mass is 248 g/mol. The van der Waals surface area contributed by atoms with Gasteiger partial charge in [0.1, 0.15) is 5.75 Å². The molecule has 2 rings (SSSR count). The van der Waals surface area contributed by atoms with E-state index in [2.05, 4.69) is 16.0 Å². The molecule has 1 aromatic carbocycles. The van der Waals surface area contributed by atoms with E-state index in [0.717, 1.165) is 40.9 Å². The molecule has 0 unspecified atom stereocenters. The maximum absolute atomic E-state index is 11.2. The summed E-state index contributed by atoms with van der Waals surface area (Å²) in [6, 6.07) is 3.71. The number of methoxy groups -OCH3 is 1. The number of ether oxygens (including phenoxy) is 1. The van der Waals surface area contributed by atoms with Gasteiger partial charge in [0.05, 0.1) is 24.9 Å². The first-order chi connectivity index (χ1) is 8.67. The van der Waals surface area contributed by atoms with Crippen molar-refractivity contribution in [2.45, 2.75) is 13.3 Å². The van der Waals surface area contributed by atoms with Gasteiger partial charge in [-0.2, -0.15) is 0 Å². The maximum Gasteiger partial charge on any atom is 0.221 e. The molecule has 1 aromatic heterocycles. The Balaban J connectivity index is 2.62. The number of quaternary nitrogens is 1. The van der Waals surface area contributed by atoms with Gasteiger partial charge in [-0.15, -0.1) is 0 Å². The van der Waals surface area contributed by atoms with Crippen LogP contribution in [0, 0.1) is 0 Å². The number of H-pyrrole nitrogens is 1. The van der Waals surface area contributed by atoms with Gasteiger partial charge in [-0.1, -0.05) is 0 Å². The Bertz CT molecular complexity index is 575. The highest BCUT2D eigenvalue weighted by Crippen LogP contribution is 2.33. The van der Waals surface area contributed by atoms with Crippen molar-refractivity contribution < 1.29 is 15.3 Å². The first-order valence-corrected chi connectivity index (χ1v) is 5.91. The molecule has 5 nitrogen and oxygen atoms in total. The van der Waals surface area contributed by atoms with Gasteiger partial charge in [0.25, 0.3) is 0 Å². The lowest BCUT2D eigenvalue weighted by Crippen LogP contribution is -2.51. The Kier molecular flexibility index (Phi) is 3.53. The number of nitrogens with one attached hydrogen (secondary N) is 2. The molecule has 0 aliphatic heterocycles. The first-order valence-electron chi connectivity index (χ1n) is 5.91. The van der Waals surface area contributed by atoms with Crippen LogP contribution in [0.15, 0.2) is 18.3 Å². The number of hydrogen-bond donors (Lipinski definition) is 3. The lowest BCUT2D eigenvalue weighted by molar-refractivity contribution is -0.366. The van der Waals surface area contributed by atoms with E-state index in [1.165, 1.54) is 6.92 Å². The third-order valence-corrected chi connectivity index (χ3v) is 2.86. The number of carbonyl (C=O) groups excluding carboxylic acids is 1. The zero-order valence-electron chi connectivity index (χ0n) is 10.7. The second-order valence-electron chi connectivity index (χ2n) is 4.16. The van der Waals surface area contributed by atoms with Crippen LogP contribution in [-0.4, -0.2) is 24.5 Å². The molecule has 0 bridgehead atoms. The van der Waals surface area contributed by atoms with E-state index < -0.39 is 0 Å². The molecule has 96 valence electrons. The highest BCUT2D eigenvalue weighted by atomic mass is 16.5. The van der Waals surface area contributed by atoms with Crippen LogP contribution < -0.4 is 15.8 Å². The summed E-state index contributed by atoms with van der Waals surface area (Å²) in [4.78, 5) is 14.4. The fourth-order valence-electron chi connectivity index (χ4n) is 2.14. The maximum atomic E-state index is 11.2. The molecule has 18 heavy (non-hydrogen) atoms. The quantitative estimate of drug-likeness (QED) is 0.752. The number of benzene rings is 1. The van der Waals surface area contributed by atoms with E-state index in [4.69, 9.17) is 4.74 Å². The van der Waals surface area contributed by atoms with Crippen molar-refractivity contribution in [2.75, 3.05) is 19.0 Å². The van der Waals surface area contributed by atoms with Crippen molar-refractivity contribution in [1.29, 1.82) is 0 Å². The van der Waals surface area contributed by atoms with E-state index in [-0.39, 0.29) is 5.91 Å². The number of anilines is 1. The van der Waals surface area contributed by atoms with Gasteiger partial charge in [-0.05, 0) is 17.7 Å². The van der Waals surface area contributed by atoms with Crippen molar-refractivity contribution in [2.24, 2.45) is 0 Å². The van der Waals surface area contributed by atoms with Gasteiger partial charge in [0, 0.05) is 24.9 Å². The number of aromatic nitrogens is 1. The summed E-state index contributed by atoms with van der Waals surface area (Å²) in [6.07, 6.45) is 2.81. The number of fused-ring (bicyclic) bond motifs is 1. The smallest absolute Gasteiger partial charge is 0.221 e. The van der Waals surface area contributed by atoms with Crippen molar-refractivity contribution in [3.63, 3.8) is 0 Å². The van der Waals surface area contributed by atoms with Crippen molar-refractivity contribution in [1.82, 2.24) is 4.98 Å². The lowest BCUT2D eigenvalue weighted by Gasteiger charge is -2.09. The highest BCUT2D eigenvalue weighted by Gasteiger charge is 2.13. The summed E-state index contributed by atoms with van der Waals surface area (Å²) in [6.45, 7) is 2.31. The van der Waals surface area contributed by atoms with Crippen LogP contribution in [0.1, 0.15) is 12.5 Å². The molecule has 1 amide bonds. The van der Waals surface area contributed by atoms with Crippen LogP contribution in [0.25, 0.3) is 10.9 Å². The van der Waals surface area contributed by atoms with E-state index in [9.17, 15) is 4.79 Å². The predicted molar refractivity (Wildman–Crippen MR) is 70.6 cm³/mol. The number of aromatic amines is 1.